The molecule has 2 N–H and O–H groups in total. The van der Waals surface area contributed by atoms with Crippen LogP contribution in [0.25, 0.3) is 0 Å². The molecular formula is C29H32N4O3. The van der Waals surface area contributed by atoms with Crippen LogP contribution in [0.2, 0.25) is 0 Å². The summed E-state index contributed by atoms with van der Waals surface area (Å²) in [5.74, 6) is -0.403. The van der Waals surface area contributed by atoms with Crippen LogP contribution in [0, 0.1) is 12.3 Å². The zero-order valence-electron chi connectivity index (χ0n) is 21.1. The molecule has 0 saturated carbocycles. The first kappa shape index (κ1) is 25.0. The van der Waals surface area contributed by atoms with Crippen LogP contribution in [-0.4, -0.2) is 36.9 Å². The van der Waals surface area contributed by atoms with Gasteiger partial charge in [0.25, 0.3) is 5.91 Å². The van der Waals surface area contributed by atoms with Gasteiger partial charge in [-0.1, -0.05) is 63.2 Å². The van der Waals surface area contributed by atoms with Gasteiger partial charge in [0.1, 0.15) is 6.04 Å². The number of benzene rings is 3. The predicted molar refractivity (Wildman–Crippen MR) is 144 cm³/mol. The normalized spacial score (nSPS) is 15.7. The van der Waals surface area contributed by atoms with Gasteiger partial charge in [-0.2, -0.15) is 0 Å². The van der Waals surface area contributed by atoms with E-state index in [1.54, 1.807) is 6.07 Å². The maximum Gasteiger partial charge on any atom is 0.319 e. The molecular weight excluding hydrogens is 452 g/mol. The molecule has 0 radical (unpaired) electrons. The quantitative estimate of drug-likeness (QED) is 0.516. The van der Waals surface area contributed by atoms with E-state index < -0.39 is 17.5 Å². The van der Waals surface area contributed by atoms with Gasteiger partial charge in [-0.15, -0.1) is 0 Å². The molecule has 7 nitrogen and oxygen atoms in total. The Morgan fingerprint density at radius 1 is 0.917 bits per heavy atom. The number of rotatable bonds is 5. The molecule has 0 saturated heterocycles. The van der Waals surface area contributed by atoms with Crippen molar-refractivity contribution in [1.29, 1.82) is 0 Å². The molecule has 1 atom stereocenters. The standard InChI is InChI=1S/C29H32N4O3/c1-20-11-10-12-21(17-20)30-28(36)31-23-18-32(22-13-6-5-7-14-22)24-15-8-9-16-25(24)33(27(23)35)19-26(34)29(2,3)4/h5-17,23H,18-19H2,1-4H3,(H2,30,31,36). The fourth-order valence-corrected chi connectivity index (χ4v) is 4.14. The monoisotopic (exact) mass is 484 g/mol. The first-order chi connectivity index (χ1) is 17.1. The molecule has 0 spiro atoms. The highest BCUT2D eigenvalue weighted by molar-refractivity contribution is 6.08. The van der Waals surface area contributed by atoms with E-state index in [4.69, 9.17) is 0 Å². The summed E-state index contributed by atoms with van der Waals surface area (Å²) in [5.41, 5.74) is 3.33. The molecule has 0 aliphatic carbocycles. The number of para-hydroxylation sites is 3. The second-order valence-corrected chi connectivity index (χ2v) is 10.1. The van der Waals surface area contributed by atoms with E-state index in [9.17, 15) is 14.4 Å². The van der Waals surface area contributed by atoms with Crippen molar-refractivity contribution in [3.8, 4) is 0 Å². The number of fused-ring (bicyclic) bond motifs is 1. The van der Waals surface area contributed by atoms with Crippen LogP contribution in [0.15, 0.2) is 78.9 Å². The summed E-state index contributed by atoms with van der Waals surface area (Å²) in [4.78, 5) is 43.4. The van der Waals surface area contributed by atoms with Crippen LogP contribution >= 0.6 is 0 Å². The maximum absolute atomic E-state index is 13.9. The number of anilines is 4. The van der Waals surface area contributed by atoms with Crippen LogP contribution in [0.1, 0.15) is 26.3 Å². The van der Waals surface area contributed by atoms with Crippen LogP contribution in [0.3, 0.4) is 0 Å². The van der Waals surface area contributed by atoms with E-state index in [2.05, 4.69) is 10.6 Å². The molecule has 1 heterocycles. The molecule has 1 aliphatic heterocycles. The van der Waals surface area contributed by atoms with Gasteiger partial charge >= 0.3 is 6.03 Å². The molecule has 0 fully saturated rings. The van der Waals surface area contributed by atoms with Gasteiger partial charge < -0.3 is 20.4 Å². The topological polar surface area (TPSA) is 81.8 Å². The summed E-state index contributed by atoms with van der Waals surface area (Å²) in [6.07, 6.45) is 0. The molecule has 0 aromatic heterocycles. The predicted octanol–water partition coefficient (Wildman–Crippen LogP) is 5.29. The van der Waals surface area contributed by atoms with Gasteiger partial charge in [-0.25, -0.2) is 4.79 Å². The van der Waals surface area contributed by atoms with Gasteiger partial charge in [0, 0.05) is 16.8 Å². The number of nitrogens with zero attached hydrogens (tertiary/aromatic N) is 2. The smallest absolute Gasteiger partial charge is 0.319 e. The number of urea groups is 1. The fraction of sp³-hybridized carbons (Fsp3) is 0.276. The number of nitrogens with one attached hydrogen (secondary N) is 2. The molecule has 36 heavy (non-hydrogen) atoms. The summed E-state index contributed by atoms with van der Waals surface area (Å²) in [6.45, 7) is 7.58. The van der Waals surface area contributed by atoms with E-state index in [1.807, 2.05) is 105 Å². The molecule has 1 unspecified atom stereocenters. The fourth-order valence-electron chi connectivity index (χ4n) is 4.14. The minimum absolute atomic E-state index is 0.0678. The molecule has 4 rings (SSSR count). The van der Waals surface area contributed by atoms with Gasteiger partial charge in [0.15, 0.2) is 5.78 Å². The lowest BCUT2D eigenvalue weighted by atomic mass is 9.90. The van der Waals surface area contributed by atoms with Crippen molar-refractivity contribution in [2.24, 2.45) is 5.41 Å². The van der Waals surface area contributed by atoms with Crippen molar-refractivity contribution in [2.45, 2.75) is 33.7 Å². The highest BCUT2D eigenvalue weighted by Crippen LogP contribution is 2.37. The van der Waals surface area contributed by atoms with Crippen molar-refractivity contribution in [2.75, 3.05) is 28.2 Å². The molecule has 0 bridgehead atoms. The third-order valence-corrected chi connectivity index (χ3v) is 6.18. The Labute approximate surface area is 212 Å². The van der Waals surface area contributed by atoms with Crippen LogP contribution in [0.4, 0.5) is 27.5 Å². The lowest BCUT2D eigenvalue weighted by Gasteiger charge is -2.28. The van der Waals surface area contributed by atoms with Crippen molar-refractivity contribution >= 4 is 40.5 Å². The zero-order chi connectivity index (χ0) is 25.9. The molecule has 3 aromatic rings. The third-order valence-electron chi connectivity index (χ3n) is 6.18. The second kappa shape index (κ2) is 10.2. The zero-order valence-corrected chi connectivity index (χ0v) is 21.1. The number of carbonyl (C=O) groups excluding carboxylic acids is 3. The average molecular weight is 485 g/mol. The van der Waals surface area contributed by atoms with E-state index in [0.29, 0.717) is 11.4 Å². The number of aryl methyl sites for hydroxylation is 1. The first-order valence-electron chi connectivity index (χ1n) is 12.0. The Hall–Kier alpha value is -4.13. The number of amides is 3. The van der Waals surface area contributed by atoms with Gasteiger partial charge in [-0.3, -0.25) is 9.59 Å². The minimum atomic E-state index is -0.893. The number of Topliss-reactive ketones (excluding diaryl/α,β-unsaturated/α-hetero) is 1. The molecule has 186 valence electrons. The molecule has 1 aliphatic rings. The largest absolute Gasteiger partial charge is 0.337 e. The summed E-state index contributed by atoms with van der Waals surface area (Å²) in [7, 11) is 0. The maximum atomic E-state index is 13.9. The second-order valence-electron chi connectivity index (χ2n) is 10.1. The van der Waals surface area contributed by atoms with Crippen molar-refractivity contribution in [1.82, 2.24) is 5.32 Å². The van der Waals surface area contributed by atoms with Gasteiger partial charge in [-0.05, 0) is 48.9 Å². The Bertz CT molecular complexity index is 1270. The SMILES string of the molecule is Cc1cccc(NC(=O)NC2CN(c3ccccc3)c3ccccc3N(CC(=O)C(C)(C)C)C2=O)c1. The summed E-state index contributed by atoms with van der Waals surface area (Å²) in [5, 5.41) is 5.68. The Morgan fingerprint density at radius 3 is 2.25 bits per heavy atom. The number of hydrogen-bond acceptors (Lipinski definition) is 4. The molecule has 3 amide bonds. The molecule has 3 aromatic carbocycles. The van der Waals surface area contributed by atoms with Crippen LogP contribution < -0.4 is 20.4 Å². The first-order valence-corrected chi connectivity index (χ1v) is 12.0. The van der Waals surface area contributed by atoms with E-state index >= 15 is 0 Å². The van der Waals surface area contributed by atoms with E-state index in [1.165, 1.54) is 4.90 Å². The highest BCUT2D eigenvalue weighted by Gasteiger charge is 2.37. The van der Waals surface area contributed by atoms with Crippen molar-refractivity contribution < 1.29 is 14.4 Å². The third kappa shape index (κ3) is 5.57. The minimum Gasteiger partial charge on any atom is -0.337 e. The van der Waals surface area contributed by atoms with E-state index in [0.717, 1.165) is 16.9 Å². The number of ketones is 1. The Morgan fingerprint density at radius 2 is 1.58 bits per heavy atom. The van der Waals surface area contributed by atoms with Gasteiger partial charge in [0.2, 0.25) is 0 Å². The van der Waals surface area contributed by atoms with Crippen LogP contribution in [-0.2, 0) is 9.59 Å². The molecule has 7 heteroatoms. The number of carbonyl (C=O) groups is 3. The average Bonchev–Trinajstić information content (AvgIpc) is 2.94. The highest BCUT2D eigenvalue weighted by atomic mass is 16.2. The number of hydrogen-bond donors (Lipinski definition) is 2. The van der Waals surface area contributed by atoms with Crippen molar-refractivity contribution in [3.63, 3.8) is 0 Å². The van der Waals surface area contributed by atoms with Crippen LogP contribution in [0.5, 0.6) is 0 Å². The van der Waals surface area contributed by atoms with Gasteiger partial charge in [0.05, 0.1) is 24.5 Å². The summed E-state index contributed by atoms with van der Waals surface area (Å²) >= 11 is 0. The summed E-state index contributed by atoms with van der Waals surface area (Å²) in [6, 6.07) is 23.3. The lowest BCUT2D eigenvalue weighted by Crippen LogP contribution is -2.54. The van der Waals surface area contributed by atoms with Crippen molar-refractivity contribution in [3.05, 3.63) is 84.4 Å². The Balaban J connectivity index is 1.71. The summed E-state index contributed by atoms with van der Waals surface area (Å²) < 4.78 is 0. The van der Waals surface area contributed by atoms with E-state index in [-0.39, 0.29) is 24.8 Å². The Kier molecular flexibility index (Phi) is 7.10. The lowest BCUT2D eigenvalue weighted by molar-refractivity contribution is -0.127.